The highest BCUT2D eigenvalue weighted by Gasteiger charge is 2.34. The van der Waals surface area contributed by atoms with Crippen molar-refractivity contribution < 1.29 is 54.1 Å². The second-order valence-corrected chi connectivity index (χ2v) is 20.4. The van der Waals surface area contributed by atoms with Crippen LogP contribution >= 0.6 is 0 Å². The summed E-state index contributed by atoms with van der Waals surface area (Å²) in [6.07, 6.45) is 14.5. The maximum atomic E-state index is 14.4. The highest BCUT2D eigenvalue weighted by molar-refractivity contribution is 5.35. The van der Waals surface area contributed by atoms with Gasteiger partial charge in [-0.05, 0) is 195 Å². The van der Waals surface area contributed by atoms with E-state index >= 15 is 0 Å². The quantitative estimate of drug-likeness (QED) is 0.111. The molecule has 4 fully saturated rings. The fraction of sp³-hybridized carbons (Fsp3) is 0.579. The molecular weight excluding hydrogens is 901 g/mol. The zero-order valence-corrected chi connectivity index (χ0v) is 40.2. The van der Waals surface area contributed by atoms with Crippen LogP contribution in [0.5, 0.6) is 23.0 Å². The molecule has 0 aromatic heterocycles. The second-order valence-electron chi connectivity index (χ2n) is 20.4. The molecule has 4 aliphatic rings. The van der Waals surface area contributed by atoms with Crippen LogP contribution in [0.2, 0.25) is 0 Å². The third-order valence-electron chi connectivity index (χ3n) is 15.7. The van der Waals surface area contributed by atoms with Gasteiger partial charge < -0.3 is 18.9 Å². The van der Waals surface area contributed by atoms with E-state index in [9.17, 15) is 35.1 Å². The molecule has 0 spiro atoms. The molecule has 378 valence electrons. The first-order valence-electron chi connectivity index (χ1n) is 25.6. The zero-order chi connectivity index (χ0) is 49.0. The van der Waals surface area contributed by atoms with Gasteiger partial charge in [-0.2, -0.15) is 0 Å². The number of hydrogen-bond acceptors (Lipinski definition) is 4. The Balaban J connectivity index is 0.000000204. The Labute approximate surface area is 403 Å². The van der Waals surface area contributed by atoms with Crippen LogP contribution in [0.25, 0.3) is 0 Å². The minimum Gasteiger partial charge on any atom is -0.489 e. The predicted octanol–water partition coefficient (Wildman–Crippen LogP) is 18.0. The van der Waals surface area contributed by atoms with E-state index in [4.69, 9.17) is 9.47 Å². The van der Waals surface area contributed by atoms with Gasteiger partial charge in [-0.3, -0.25) is 0 Å². The van der Waals surface area contributed by atoms with Crippen molar-refractivity contribution in [1.82, 2.24) is 0 Å². The first-order valence-corrected chi connectivity index (χ1v) is 25.6. The van der Waals surface area contributed by atoms with Gasteiger partial charge in [-0.15, -0.1) is 26.3 Å². The Bertz CT molecular complexity index is 2180. The lowest BCUT2D eigenvalue weighted by Crippen LogP contribution is -2.25. The Morgan fingerprint density at radius 3 is 1.17 bits per heavy atom. The summed E-state index contributed by atoms with van der Waals surface area (Å²) < 4.78 is 123. The molecule has 0 amide bonds. The molecule has 69 heavy (non-hydrogen) atoms. The first-order chi connectivity index (χ1) is 33.1. The van der Waals surface area contributed by atoms with Crippen LogP contribution in [0.4, 0.5) is 35.1 Å². The molecule has 0 atom stereocenters. The molecule has 0 unspecified atom stereocenters. The summed E-state index contributed by atoms with van der Waals surface area (Å²) in [4.78, 5) is 0. The normalized spacial score (nSPS) is 25.5. The second kappa shape index (κ2) is 24.6. The van der Waals surface area contributed by atoms with Crippen LogP contribution in [0, 0.1) is 47.1 Å². The van der Waals surface area contributed by atoms with Crippen LogP contribution in [-0.4, -0.2) is 12.7 Å². The average molecular weight is 971 g/mol. The highest BCUT2D eigenvalue weighted by Crippen LogP contribution is 2.47. The molecule has 4 aromatic rings. The van der Waals surface area contributed by atoms with Gasteiger partial charge in [0.25, 0.3) is 0 Å². The molecule has 0 bridgehead atoms. The van der Waals surface area contributed by atoms with E-state index in [0.717, 1.165) is 72.3 Å². The van der Waals surface area contributed by atoms with Gasteiger partial charge in [0.2, 0.25) is 0 Å². The van der Waals surface area contributed by atoms with Crippen molar-refractivity contribution >= 4 is 0 Å². The smallest absolute Gasteiger partial charge is 0.489 e. The summed E-state index contributed by atoms with van der Waals surface area (Å²) in [7, 11) is 0. The van der Waals surface area contributed by atoms with Crippen LogP contribution in [0.1, 0.15) is 170 Å². The maximum absolute atomic E-state index is 14.4. The summed E-state index contributed by atoms with van der Waals surface area (Å²) in [6.45, 7) is 4.64. The summed E-state index contributed by atoms with van der Waals surface area (Å²) in [5, 5.41) is 0. The minimum absolute atomic E-state index is 0.0329. The van der Waals surface area contributed by atoms with Gasteiger partial charge in [-0.25, -0.2) is 8.78 Å². The number of rotatable bonds is 15. The number of benzene rings is 4. The number of halogens is 8. The molecular formula is C57H70F8O4. The molecule has 4 aromatic carbocycles. The van der Waals surface area contributed by atoms with E-state index in [1.807, 2.05) is 12.1 Å². The van der Waals surface area contributed by atoms with E-state index in [0.29, 0.717) is 34.5 Å². The Morgan fingerprint density at radius 1 is 0.435 bits per heavy atom. The molecule has 12 heteroatoms. The highest BCUT2D eigenvalue weighted by atomic mass is 19.4. The van der Waals surface area contributed by atoms with Crippen molar-refractivity contribution in [2.75, 3.05) is 0 Å². The van der Waals surface area contributed by atoms with Crippen LogP contribution in [0.15, 0.2) is 84.9 Å². The van der Waals surface area contributed by atoms with Crippen molar-refractivity contribution in [3.8, 4) is 23.0 Å². The zero-order valence-electron chi connectivity index (χ0n) is 40.2. The van der Waals surface area contributed by atoms with E-state index in [1.54, 1.807) is 24.3 Å². The molecule has 4 aliphatic carbocycles. The third-order valence-corrected chi connectivity index (χ3v) is 15.7. The van der Waals surface area contributed by atoms with Crippen molar-refractivity contribution in [3.63, 3.8) is 0 Å². The van der Waals surface area contributed by atoms with Crippen LogP contribution in [-0.2, 0) is 13.2 Å². The number of hydrogen-bond donors (Lipinski definition) is 0. The van der Waals surface area contributed by atoms with Crippen molar-refractivity contribution in [3.05, 3.63) is 119 Å². The molecule has 4 saturated carbocycles. The van der Waals surface area contributed by atoms with Gasteiger partial charge in [0.1, 0.15) is 47.8 Å². The standard InChI is InChI=1S/C29H36F4O2.C28H34F4O2/c1-2-4-20-7-9-22(10-8-20)23-11-13-24(14-12-23)25-16-26(30)18-28(17-25)34-19-21-5-3-6-27(15-21)35-29(31,32)33;1-2-19-6-8-21(9-7-19)22-10-12-23(13-11-22)24-15-25(29)17-27(16-24)33-18-20-4-3-5-26(14-20)34-28(30,31)32/h3,5-6,15-18,20,22-24H,2,4,7-14,19H2,1H3;3-5,14-17,19,21-23H,2,6-13,18H2,1H3. The Kier molecular flexibility index (Phi) is 18.6. The van der Waals surface area contributed by atoms with Gasteiger partial charge in [0.15, 0.2) is 0 Å². The monoisotopic (exact) mass is 971 g/mol. The molecule has 0 aliphatic heterocycles. The van der Waals surface area contributed by atoms with Crippen molar-refractivity contribution in [1.29, 1.82) is 0 Å². The largest absolute Gasteiger partial charge is 0.573 e. The molecule has 0 radical (unpaired) electrons. The van der Waals surface area contributed by atoms with Crippen molar-refractivity contribution in [2.24, 2.45) is 35.5 Å². The summed E-state index contributed by atoms with van der Waals surface area (Å²) in [5.74, 6) is 5.31. The average Bonchev–Trinajstić information content (AvgIpc) is 3.32. The van der Waals surface area contributed by atoms with Crippen LogP contribution < -0.4 is 18.9 Å². The lowest BCUT2D eigenvalue weighted by Gasteiger charge is -2.38. The SMILES string of the molecule is CCC1CCC(C2CCC(c3cc(F)cc(OCc4cccc(OC(F)(F)F)c4)c3)CC2)CC1.CCCC1CCC(C2CCC(c3cc(F)cc(OCc4cccc(OC(F)(F)F)c4)c3)CC2)CC1. The minimum atomic E-state index is -4.75. The van der Waals surface area contributed by atoms with E-state index in [2.05, 4.69) is 23.3 Å². The lowest BCUT2D eigenvalue weighted by molar-refractivity contribution is -0.275. The third kappa shape index (κ3) is 16.6. The Morgan fingerprint density at radius 2 is 0.812 bits per heavy atom. The Hall–Kier alpha value is -4.48. The van der Waals surface area contributed by atoms with E-state index in [-0.39, 0.29) is 36.3 Å². The van der Waals surface area contributed by atoms with E-state index < -0.39 is 12.7 Å². The number of alkyl halides is 6. The summed E-state index contributed by atoms with van der Waals surface area (Å²) in [5.41, 5.74) is 2.95. The molecule has 8 rings (SSSR count). The number of ether oxygens (including phenoxy) is 4. The van der Waals surface area contributed by atoms with Crippen LogP contribution in [0.3, 0.4) is 0 Å². The first kappa shape index (κ1) is 52.3. The molecule has 4 nitrogen and oxygen atoms in total. The van der Waals surface area contributed by atoms with Gasteiger partial charge in [-0.1, -0.05) is 83.1 Å². The summed E-state index contributed by atoms with van der Waals surface area (Å²) in [6, 6.07) is 20.9. The lowest BCUT2D eigenvalue weighted by atomic mass is 9.68. The fourth-order valence-electron chi connectivity index (χ4n) is 12.1. The van der Waals surface area contributed by atoms with Gasteiger partial charge >= 0.3 is 12.7 Å². The molecule has 0 saturated heterocycles. The fourth-order valence-corrected chi connectivity index (χ4v) is 12.1. The molecule has 0 heterocycles. The maximum Gasteiger partial charge on any atom is 0.573 e. The van der Waals surface area contributed by atoms with Crippen molar-refractivity contribution in [2.45, 2.75) is 174 Å². The molecule has 0 N–H and O–H groups in total. The van der Waals surface area contributed by atoms with Gasteiger partial charge in [0.05, 0.1) is 0 Å². The van der Waals surface area contributed by atoms with E-state index in [1.165, 1.54) is 145 Å². The summed E-state index contributed by atoms with van der Waals surface area (Å²) >= 11 is 0. The predicted molar refractivity (Wildman–Crippen MR) is 253 cm³/mol. The van der Waals surface area contributed by atoms with Gasteiger partial charge in [0, 0.05) is 12.1 Å². The topological polar surface area (TPSA) is 36.9 Å².